The zero-order chi connectivity index (χ0) is 43.7. The highest BCUT2D eigenvalue weighted by molar-refractivity contribution is 5.71. The molecule has 0 aromatic heterocycles. The van der Waals surface area contributed by atoms with Crippen molar-refractivity contribution in [1.82, 2.24) is 0 Å². The molecule has 0 radical (unpaired) electrons. The van der Waals surface area contributed by atoms with Gasteiger partial charge in [0.1, 0.15) is 13.2 Å². The topological polar surface area (TPSA) is 78.9 Å². The number of carbonyl (C=O) groups is 3. The fourth-order valence-electron chi connectivity index (χ4n) is 7.97. The van der Waals surface area contributed by atoms with Crippen LogP contribution in [0.2, 0.25) is 0 Å². The molecule has 0 aliphatic carbocycles. The van der Waals surface area contributed by atoms with E-state index in [1.165, 1.54) is 199 Å². The molecule has 354 valence electrons. The molecule has 0 bridgehead atoms. The molecule has 1 atom stereocenters. The smallest absolute Gasteiger partial charge is 0.306 e. The van der Waals surface area contributed by atoms with Crippen LogP contribution in [0.15, 0.2) is 12.2 Å². The molecule has 0 aliphatic heterocycles. The second-order valence-electron chi connectivity index (χ2n) is 18.2. The van der Waals surface area contributed by atoms with Crippen LogP contribution in [0.5, 0.6) is 0 Å². The van der Waals surface area contributed by atoms with E-state index in [9.17, 15) is 14.4 Å². The summed E-state index contributed by atoms with van der Waals surface area (Å²) in [5.74, 6) is -0.856. The van der Waals surface area contributed by atoms with E-state index < -0.39 is 6.10 Å². The maximum absolute atomic E-state index is 12.7. The molecule has 0 spiro atoms. The normalized spacial score (nSPS) is 12.0. The van der Waals surface area contributed by atoms with Crippen molar-refractivity contribution in [3.05, 3.63) is 12.2 Å². The molecule has 0 N–H and O–H groups in total. The first kappa shape index (κ1) is 58.1. The Balaban J connectivity index is 4.11. The maximum Gasteiger partial charge on any atom is 0.306 e. The molecule has 0 fully saturated rings. The standard InChI is InChI=1S/C54H102O6/c1-4-7-10-13-16-19-21-22-23-24-25-26-27-28-29-30-31-32-34-35-38-41-44-47-53(56)59-50-51(49-58-52(55)46-43-40-37-18-15-12-9-6-3)60-54(57)48-45-42-39-36-33-20-17-14-11-8-5-2/h24-25,51H,4-23,26-50H2,1-3H3/b25-24-. The van der Waals surface area contributed by atoms with Gasteiger partial charge in [0.25, 0.3) is 0 Å². The fourth-order valence-corrected chi connectivity index (χ4v) is 7.97. The summed E-state index contributed by atoms with van der Waals surface area (Å²) in [6, 6.07) is 0. The lowest BCUT2D eigenvalue weighted by Crippen LogP contribution is -2.30. The lowest BCUT2D eigenvalue weighted by Gasteiger charge is -2.18. The summed E-state index contributed by atoms with van der Waals surface area (Å²) < 4.78 is 16.7. The van der Waals surface area contributed by atoms with Crippen LogP contribution in [0, 0.1) is 0 Å². The van der Waals surface area contributed by atoms with Gasteiger partial charge in [0.2, 0.25) is 0 Å². The predicted octanol–water partition coefficient (Wildman–Crippen LogP) is 17.4. The minimum Gasteiger partial charge on any atom is -0.462 e. The fraction of sp³-hybridized carbons (Fsp3) is 0.907. The summed E-state index contributed by atoms with van der Waals surface area (Å²) in [6.07, 6.45) is 55.0. The molecule has 6 heteroatoms. The van der Waals surface area contributed by atoms with E-state index in [-0.39, 0.29) is 31.1 Å². The summed E-state index contributed by atoms with van der Waals surface area (Å²) in [7, 11) is 0. The Hall–Kier alpha value is -1.85. The second-order valence-corrected chi connectivity index (χ2v) is 18.2. The Morgan fingerprint density at radius 1 is 0.317 bits per heavy atom. The highest BCUT2D eigenvalue weighted by atomic mass is 16.6. The average molecular weight is 847 g/mol. The molecule has 0 aromatic carbocycles. The maximum atomic E-state index is 12.7. The van der Waals surface area contributed by atoms with Crippen LogP contribution in [-0.4, -0.2) is 37.2 Å². The molecule has 0 aliphatic rings. The zero-order valence-corrected chi connectivity index (χ0v) is 40.5. The van der Waals surface area contributed by atoms with Gasteiger partial charge in [0.15, 0.2) is 6.10 Å². The third-order valence-corrected chi connectivity index (χ3v) is 12.0. The molecule has 0 saturated heterocycles. The number of rotatable bonds is 49. The molecule has 0 heterocycles. The monoisotopic (exact) mass is 847 g/mol. The van der Waals surface area contributed by atoms with Gasteiger partial charge < -0.3 is 14.2 Å². The van der Waals surface area contributed by atoms with Gasteiger partial charge in [-0.05, 0) is 44.9 Å². The quantitative estimate of drug-likeness (QED) is 0.0263. The van der Waals surface area contributed by atoms with Crippen molar-refractivity contribution in [3.63, 3.8) is 0 Å². The van der Waals surface area contributed by atoms with Gasteiger partial charge in [0.05, 0.1) is 0 Å². The van der Waals surface area contributed by atoms with Crippen molar-refractivity contribution in [1.29, 1.82) is 0 Å². The minimum absolute atomic E-state index is 0.0655. The SMILES string of the molecule is CCCCCCCCCC/C=C\CCCCCCCCCCCCCC(=O)OCC(COC(=O)CCCCCCCCCC)OC(=O)CCCCCCCCCCCCC. The molecular formula is C54H102O6. The largest absolute Gasteiger partial charge is 0.462 e. The summed E-state index contributed by atoms with van der Waals surface area (Å²) in [5.41, 5.74) is 0. The van der Waals surface area contributed by atoms with Crippen LogP contribution >= 0.6 is 0 Å². The van der Waals surface area contributed by atoms with Gasteiger partial charge in [-0.15, -0.1) is 0 Å². The number of unbranched alkanes of at least 4 members (excludes halogenated alkanes) is 36. The van der Waals surface area contributed by atoms with E-state index in [0.717, 1.165) is 57.8 Å². The highest BCUT2D eigenvalue weighted by Gasteiger charge is 2.19. The lowest BCUT2D eigenvalue weighted by molar-refractivity contribution is -0.167. The Morgan fingerprint density at radius 3 is 0.833 bits per heavy atom. The second kappa shape index (κ2) is 49.8. The van der Waals surface area contributed by atoms with Crippen LogP contribution in [0.1, 0.15) is 297 Å². The van der Waals surface area contributed by atoms with Crippen molar-refractivity contribution in [2.24, 2.45) is 0 Å². The van der Waals surface area contributed by atoms with Crippen molar-refractivity contribution in [2.75, 3.05) is 13.2 Å². The number of hydrogen-bond donors (Lipinski definition) is 0. The minimum atomic E-state index is -0.761. The van der Waals surface area contributed by atoms with E-state index in [1.807, 2.05) is 0 Å². The Bertz CT molecular complexity index is 931. The van der Waals surface area contributed by atoms with E-state index in [4.69, 9.17) is 14.2 Å². The summed E-state index contributed by atoms with van der Waals surface area (Å²) in [6.45, 7) is 6.63. The molecule has 6 nitrogen and oxygen atoms in total. The van der Waals surface area contributed by atoms with Gasteiger partial charge in [-0.1, -0.05) is 245 Å². The Morgan fingerprint density at radius 2 is 0.550 bits per heavy atom. The van der Waals surface area contributed by atoms with Gasteiger partial charge in [0, 0.05) is 19.3 Å². The van der Waals surface area contributed by atoms with Crippen molar-refractivity contribution >= 4 is 17.9 Å². The predicted molar refractivity (Wildman–Crippen MR) is 256 cm³/mol. The van der Waals surface area contributed by atoms with Gasteiger partial charge in [-0.3, -0.25) is 14.4 Å². The molecule has 0 amide bonds. The van der Waals surface area contributed by atoms with E-state index in [1.54, 1.807) is 0 Å². The van der Waals surface area contributed by atoms with E-state index in [0.29, 0.717) is 19.3 Å². The number of esters is 3. The number of allylic oxidation sites excluding steroid dienone is 2. The number of carbonyl (C=O) groups excluding carboxylic acids is 3. The molecule has 0 saturated carbocycles. The van der Waals surface area contributed by atoms with Crippen LogP contribution in [0.25, 0.3) is 0 Å². The number of ether oxygens (including phenoxy) is 3. The number of hydrogen-bond acceptors (Lipinski definition) is 6. The molecule has 0 aromatic rings. The summed E-state index contributed by atoms with van der Waals surface area (Å²) >= 11 is 0. The van der Waals surface area contributed by atoms with Gasteiger partial charge >= 0.3 is 17.9 Å². The summed E-state index contributed by atoms with van der Waals surface area (Å²) in [4.78, 5) is 37.8. The van der Waals surface area contributed by atoms with Crippen LogP contribution in [0.3, 0.4) is 0 Å². The van der Waals surface area contributed by atoms with Gasteiger partial charge in [-0.2, -0.15) is 0 Å². The highest BCUT2D eigenvalue weighted by Crippen LogP contribution is 2.16. The first-order chi connectivity index (χ1) is 29.5. The molecule has 60 heavy (non-hydrogen) atoms. The third kappa shape index (κ3) is 47.2. The first-order valence-corrected chi connectivity index (χ1v) is 26.7. The average Bonchev–Trinajstić information content (AvgIpc) is 3.24. The zero-order valence-electron chi connectivity index (χ0n) is 40.5. The molecular weight excluding hydrogens is 745 g/mol. The van der Waals surface area contributed by atoms with Crippen molar-refractivity contribution in [3.8, 4) is 0 Å². The van der Waals surface area contributed by atoms with Crippen LogP contribution < -0.4 is 0 Å². The van der Waals surface area contributed by atoms with E-state index >= 15 is 0 Å². The molecule has 0 rings (SSSR count). The van der Waals surface area contributed by atoms with Crippen LogP contribution in [0.4, 0.5) is 0 Å². The van der Waals surface area contributed by atoms with Crippen molar-refractivity contribution in [2.45, 2.75) is 303 Å². The molecule has 1 unspecified atom stereocenters. The third-order valence-electron chi connectivity index (χ3n) is 12.0. The lowest BCUT2D eigenvalue weighted by atomic mass is 10.0. The Labute approximate surface area is 373 Å². The first-order valence-electron chi connectivity index (χ1n) is 26.7. The van der Waals surface area contributed by atoms with Crippen molar-refractivity contribution < 1.29 is 28.6 Å². The van der Waals surface area contributed by atoms with E-state index in [2.05, 4.69) is 32.9 Å². The van der Waals surface area contributed by atoms with Gasteiger partial charge in [-0.25, -0.2) is 0 Å². The van der Waals surface area contributed by atoms with Crippen LogP contribution in [-0.2, 0) is 28.6 Å². The Kier molecular flexibility index (Phi) is 48.3. The summed E-state index contributed by atoms with van der Waals surface area (Å²) in [5, 5.41) is 0.